The van der Waals surface area contributed by atoms with Crippen molar-refractivity contribution in [2.24, 2.45) is 0 Å². The molecule has 0 fully saturated rings. The molecule has 13 aromatic rings. The topological polar surface area (TPSA) is 0 Å². The molecule has 1 aliphatic carbocycles. The summed E-state index contributed by atoms with van der Waals surface area (Å²) >= 11 is 0. The quantitative estimate of drug-likeness (QED) is 0.122. The fourth-order valence-corrected chi connectivity index (χ4v) is 12.2. The lowest BCUT2D eigenvalue weighted by atomic mass is 9.79. The number of benzene rings is 13. The molecule has 13 aromatic carbocycles. The Hall–Kier alpha value is -8.32. The molecule has 0 saturated heterocycles. The molecule has 0 bridgehead atoms. The molecule has 0 heterocycles. The molecule has 0 aromatic heterocycles. The van der Waals surface area contributed by atoms with Gasteiger partial charge in [-0.25, -0.2) is 0 Å². The van der Waals surface area contributed by atoms with Gasteiger partial charge in [0.1, 0.15) is 0 Å². The number of hydrogen-bond donors (Lipinski definition) is 0. The van der Waals surface area contributed by atoms with Crippen molar-refractivity contribution in [1.82, 2.24) is 0 Å². The SMILES string of the molecule is CC1(C)c2ccccc2-c2c1cc(-c1c3ccccc3c(-c3ccc4c(ccc5cc(-c6c7ccccc7c(-c7ccccc7)c7ccccc67)ccc54)c3)c3ccccc13)c1ccccc21. The Morgan fingerprint density at radius 3 is 1.07 bits per heavy atom. The maximum Gasteiger partial charge on any atom is 0.0159 e. The van der Waals surface area contributed by atoms with E-state index < -0.39 is 0 Å². The van der Waals surface area contributed by atoms with Crippen LogP contribution < -0.4 is 0 Å². The molecule has 0 saturated carbocycles. The van der Waals surface area contributed by atoms with Crippen molar-refractivity contribution in [1.29, 1.82) is 0 Å². The fourth-order valence-electron chi connectivity index (χ4n) is 12.2. The van der Waals surface area contributed by atoms with Crippen LogP contribution in [0.4, 0.5) is 0 Å². The molecule has 0 radical (unpaired) electrons. The van der Waals surface area contributed by atoms with Crippen LogP contribution in [0.3, 0.4) is 0 Å². The van der Waals surface area contributed by atoms with E-state index in [0.717, 1.165) is 0 Å². The Morgan fingerprint density at radius 2 is 0.597 bits per heavy atom. The van der Waals surface area contributed by atoms with E-state index in [-0.39, 0.29) is 5.41 Å². The Balaban J connectivity index is 0.945. The van der Waals surface area contributed by atoms with Crippen LogP contribution in [0.25, 0.3) is 131 Å². The summed E-state index contributed by atoms with van der Waals surface area (Å²) in [5.41, 5.74) is 15.6. The van der Waals surface area contributed by atoms with Crippen LogP contribution in [-0.4, -0.2) is 0 Å². The Bertz CT molecular complexity index is 4110. The minimum Gasteiger partial charge on any atom is -0.0622 e. The van der Waals surface area contributed by atoms with E-state index in [1.165, 1.54) is 142 Å². The van der Waals surface area contributed by atoms with Crippen molar-refractivity contribution in [3.05, 3.63) is 242 Å². The van der Waals surface area contributed by atoms with Gasteiger partial charge in [-0.05, 0) is 160 Å². The molecular weight excluding hydrogens is 805 g/mol. The van der Waals surface area contributed by atoms with E-state index in [2.05, 4.69) is 244 Å². The summed E-state index contributed by atoms with van der Waals surface area (Å²) < 4.78 is 0. The predicted molar refractivity (Wildman–Crippen MR) is 288 cm³/mol. The van der Waals surface area contributed by atoms with E-state index in [1.54, 1.807) is 0 Å². The van der Waals surface area contributed by atoms with Crippen LogP contribution in [0.15, 0.2) is 231 Å². The first-order chi connectivity index (χ1) is 33.0. The van der Waals surface area contributed by atoms with Crippen molar-refractivity contribution < 1.29 is 0 Å². The normalized spacial score (nSPS) is 13.0. The standard InChI is InChI=1S/C67H44/c1-67(2)60-31-17-16-30-58(60)66-49-21-7-6-20-48(49)59(40-61(66)67)65-56-28-14-12-26-54(56)64(55-27-13-15-29-57(55)65)45-35-37-47-43(39-45)33-32-42-38-44(34-36-46(42)47)63-52-24-10-8-22-50(52)62(41-18-4-3-5-19-41)51-23-9-11-25-53(51)63/h3-40H,1-2H3. The van der Waals surface area contributed by atoms with Gasteiger partial charge in [0.25, 0.3) is 0 Å². The Morgan fingerprint density at radius 1 is 0.224 bits per heavy atom. The highest BCUT2D eigenvalue weighted by Crippen LogP contribution is 2.55. The number of fused-ring (bicyclic) bond motifs is 12. The van der Waals surface area contributed by atoms with Gasteiger partial charge < -0.3 is 0 Å². The van der Waals surface area contributed by atoms with E-state index in [9.17, 15) is 0 Å². The smallest absolute Gasteiger partial charge is 0.0159 e. The summed E-state index contributed by atoms with van der Waals surface area (Å²) in [7, 11) is 0. The van der Waals surface area contributed by atoms with E-state index in [1.807, 2.05) is 0 Å². The summed E-state index contributed by atoms with van der Waals surface area (Å²) in [6.45, 7) is 4.79. The van der Waals surface area contributed by atoms with Crippen molar-refractivity contribution in [2.75, 3.05) is 0 Å². The Labute approximate surface area is 390 Å². The highest BCUT2D eigenvalue weighted by atomic mass is 14.4. The van der Waals surface area contributed by atoms with Crippen molar-refractivity contribution in [2.45, 2.75) is 19.3 Å². The molecule has 0 spiro atoms. The molecular formula is C67H44. The van der Waals surface area contributed by atoms with Crippen molar-refractivity contribution >= 4 is 75.4 Å². The Kier molecular flexibility index (Phi) is 8.13. The van der Waals surface area contributed by atoms with Gasteiger partial charge in [-0.15, -0.1) is 0 Å². The van der Waals surface area contributed by atoms with Gasteiger partial charge in [0, 0.05) is 5.41 Å². The zero-order valence-electron chi connectivity index (χ0n) is 37.4. The molecule has 0 nitrogen and oxygen atoms in total. The van der Waals surface area contributed by atoms with Crippen LogP contribution in [0, 0.1) is 0 Å². The summed E-state index contributed by atoms with van der Waals surface area (Å²) in [6.07, 6.45) is 0. The van der Waals surface area contributed by atoms with Gasteiger partial charge >= 0.3 is 0 Å². The largest absolute Gasteiger partial charge is 0.0622 e. The second-order valence-corrected chi connectivity index (χ2v) is 19.0. The predicted octanol–water partition coefficient (Wildman–Crippen LogP) is 18.7. The molecule has 0 N–H and O–H groups in total. The molecule has 1 aliphatic rings. The first-order valence-corrected chi connectivity index (χ1v) is 23.6. The molecule has 0 atom stereocenters. The second-order valence-electron chi connectivity index (χ2n) is 19.0. The molecule has 0 heteroatoms. The average Bonchev–Trinajstić information content (AvgIpc) is 3.62. The van der Waals surface area contributed by atoms with Crippen LogP contribution in [-0.2, 0) is 5.41 Å². The van der Waals surface area contributed by atoms with Crippen molar-refractivity contribution in [3.63, 3.8) is 0 Å². The monoisotopic (exact) mass is 848 g/mol. The first kappa shape index (κ1) is 38.0. The third-order valence-electron chi connectivity index (χ3n) is 15.2. The van der Waals surface area contributed by atoms with Crippen molar-refractivity contribution in [3.8, 4) is 55.6 Å². The minimum atomic E-state index is -0.121. The van der Waals surface area contributed by atoms with Gasteiger partial charge in [-0.2, -0.15) is 0 Å². The molecule has 67 heavy (non-hydrogen) atoms. The summed E-state index contributed by atoms with van der Waals surface area (Å²) in [5, 5.41) is 17.8. The fraction of sp³-hybridized carbons (Fsp3) is 0.0448. The van der Waals surface area contributed by atoms with Gasteiger partial charge in [-0.1, -0.05) is 226 Å². The van der Waals surface area contributed by atoms with Gasteiger partial charge in [-0.3, -0.25) is 0 Å². The lowest BCUT2D eigenvalue weighted by molar-refractivity contribution is 0.661. The second kappa shape index (κ2) is 14.3. The summed E-state index contributed by atoms with van der Waals surface area (Å²) in [5.74, 6) is 0. The van der Waals surface area contributed by atoms with Crippen LogP contribution in [0.5, 0.6) is 0 Å². The van der Waals surface area contributed by atoms with Crippen LogP contribution in [0.2, 0.25) is 0 Å². The third kappa shape index (κ3) is 5.48. The highest BCUT2D eigenvalue weighted by Gasteiger charge is 2.37. The maximum atomic E-state index is 2.53. The third-order valence-corrected chi connectivity index (χ3v) is 15.2. The molecule has 0 unspecified atom stereocenters. The summed E-state index contributed by atoms with van der Waals surface area (Å²) in [6, 6.07) is 86.4. The molecule has 312 valence electrons. The highest BCUT2D eigenvalue weighted by molar-refractivity contribution is 6.26. The lowest BCUT2D eigenvalue weighted by Crippen LogP contribution is -2.15. The van der Waals surface area contributed by atoms with Gasteiger partial charge in [0.05, 0.1) is 0 Å². The van der Waals surface area contributed by atoms with E-state index >= 15 is 0 Å². The molecule has 0 amide bonds. The molecule has 14 rings (SSSR count). The first-order valence-electron chi connectivity index (χ1n) is 23.6. The lowest BCUT2D eigenvalue weighted by Gasteiger charge is -2.24. The average molecular weight is 849 g/mol. The van der Waals surface area contributed by atoms with Gasteiger partial charge in [0.2, 0.25) is 0 Å². The number of rotatable bonds is 4. The zero-order valence-corrected chi connectivity index (χ0v) is 37.4. The van der Waals surface area contributed by atoms with Crippen LogP contribution >= 0.6 is 0 Å². The maximum absolute atomic E-state index is 2.53. The minimum absolute atomic E-state index is 0.121. The van der Waals surface area contributed by atoms with E-state index in [4.69, 9.17) is 0 Å². The summed E-state index contributed by atoms with van der Waals surface area (Å²) in [4.78, 5) is 0. The zero-order chi connectivity index (χ0) is 44.4. The van der Waals surface area contributed by atoms with Gasteiger partial charge in [0.15, 0.2) is 0 Å². The van der Waals surface area contributed by atoms with E-state index in [0.29, 0.717) is 0 Å². The van der Waals surface area contributed by atoms with Crippen LogP contribution in [0.1, 0.15) is 25.0 Å². The number of hydrogen-bond acceptors (Lipinski definition) is 0. The molecule has 0 aliphatic heterocycles.